The molecule has 3 heteroatoms. The molecule has 1 aromatic heterocycles. The highest BCUT2D eigenvalue weighted by molar-refractivity contribution is 5.66. The lowest BCUT2D eigenvalue weighted by atomic mass is 10.0. The number of rotatable bonds is 2. The van der Waals surface area contributed by atoms with Crippen molar-refractivity contribution in [2.24, 2.45) is 5.92 Å². The van der Waals surface area contributed by atoms with Crippen molar-refractivity contribution < 1.29 is 9.21 Å². The predicted octanol–water partition coefficient (Wildman–Crippen LogP) is 1.26. The van der Waals surface area contributed by atoms with E-state index in [2.05, 4.69) is 6.07 Å². The Hall–Kier alpha value is -1.56. The van der Waals surface area contributed by atoms with Crippen molar-refractivity contribution in [3.05, 3.63) is 24.2 Å². The van der Waals surface area contributed by atoms with Gasteiger partial charge in [-0.15, -0.1) is 0 Å². The summed E-state index contributed by atoms with van der Waals surface area (Å²) < 4.78 is 5.10. The van der Waals surface area contributed by atoms with E-state index in [1.807, 2.05) is 0 Å². The molecule has 1 saturated carbocycles. The van der Waals surface area contributed by atoms with Gasteiger partial charge in [0.15, 0.2) is 0 Å². The van der Waals surface area contributed by atoms with Crippen LogP contribution in [0.3, 0.4) is 0 Å². The zero-order valence-electron chi connectivity index (χ0n) is 6.36. The van der Waals surface area contributed by atoms with E-state index in [9.17, 15) is 4.79 Å². The molecule has 2 rings (SSSR count). The van der Waals surface area contributed by atoms with Gasteiger partial charge < -0.3 is 9.21 Å². The maximum absolute atomic E-state index is 10.4. The zero-order valence-corrected chi connectivity index (χ0v) is 6.36. The second-order valence-electron chi connectivity index (χ2n) is 3.01. The van der Waals surface area contributed by atoms with Crippen molar-refractivity contribution in [1.29, 1.82) is 5.26 Å². The molecule has 3 nitrogen and oxygen atoms in total. The Morgan fingerprint density at radius 2 is 2.67 bits per heavy atom. The van der Waals surface area contributed by atoms with Gasteiger partial charge in [0.2, 0.25) is 0 Å². The molecule has 1 fully saturated rings. The van der Waals surface area contributed by atoms with Gasteiger partial charge in [0.1, 0.15) is 17.5 Å². The fourth-order valence-corrected chi connectivity index (χ4v) is 1.45. The number of furan rings is 1. The topological polar surface area (TPSA) is 54.0 Å². The highest BCUT2D eigenvalue weighted by atomic mass is 16.3. The van der Waals surface area contributed by atoms with E-state index in [1.165, 1.54) is 6.26 Å². The molecule has 1 aliphatic carbocycles. The number of nitrogens with zero attached hydrogens (tertiary/aromatic N) is 1. The monoisotopic (exact) mass is 161 g/mol. The first kappa shape index (κ1) is 7.11. The highest BCUT2D eigenvalue weighted by Gasteiger charge is 2.58. The van der Waals surface area contributed by atoms with Crippen molar-refractivity contribution >= 4 is 6.29 Å². The van der Waals surface area contributed by atoms with Gasteiger partial charge in [0.25, 0.3) is 0 Å². The predicted molar refractivity (Wildman–Crippen MR) is 40.2 cm³/mol. The molecular formula is C9H7NO2. The zero-order chi connectivity index (χ0) is 8.60. The average molecular weight is 161 g/mol. The lowest BCUT2D eigenvalue weighted by Gasteiger charge is -1.99. The van der Waals surface area contributed by atoms with Crippen molar-refractivity contribution in [2.75, 3.05) is 0 Å². The van der Waals surface area contributed by atoms with Gasteiger partial charge in [-0.2, -0.15) is 5.26 Å². The molecule has 0 radical (unpaired) electrons. The van der Waals surface area contributed by atoms with Crippen LogP contribution in [0, 0.1) is 17.2 Å². The molecule has 12 heavy (non-hydrogen) atoms. The summed E-state index contributed by atoms with van der Waals surface area (Å²) in [6.45, 7) is 0. The first-order valence-electron chi connectivity index (χ1n) is 3.74. The van der Waals surface area contributed by atoms with Gasteiger partial charge in [0, 0.05) is 5.92 Å². The number of aldehydes is 1. The lowest BCUT2D eigenvalue weighted by molar-refractivity contribution is -0.109. The van der Waals surface area contributed by atoms with Crippen LogP contribution in [-0.4, -0.2) is 6.29 Å². The van der Waals surface area contributed by atoms with E-state index in [4.69, 9.17) is 9.68 Å². The Kier molecular flexibility index (Phi) is 1.31. The van der Waals surface area contributed by atoms with Gasteiger partial charge in [-0.05, 0) is 18.6 Å². The van der Waals surface area contributed by atoms with Crippen molar-refractivity contribution in [1.82, 2.24) is 0 Å². The second-order valence-corrected chi connectivity index (χ2v) is 3.01. The third-order valence-electron chi connectivity index (χ3n) is 2.34. The molecule has 1 aromatic rings. The minimum atomic E-state index is -0.648. The third kappa shape index (κ3) is 0.722. The summed E-state index contributed by atoms with van der Waals surface area (Å²) in [4.78, 5) is 10.4. The molecule has 0 saturated heterocycles. The van der Waals surface area contributed by atoms with Crippen LogP contribution in [0.25, 0.3) is 0 Å². The van der Waals surface area contributed by atoms with E-state index in [0.717, 1.165) is 6.29 Å². The van der Waals surface area contributed by atoms with Crippen LogP contribution in [0.15, 0.2) is 22.8 Å². The second kappa shape index (κ2) is 2.21. The highest BCUT2D eigenvalue weighted by Crippen LogP contribution is 2.52. The van der Waals surface area contributed by atoms with E-state index < -0.39 is 5.41 Å². The van der Waals surface area contributed by atoms with Crippen LogP contribution >= 0.6 is 0 Å². The summed E-state index contributed by atoms with van der Waals surface area (Å²) in [5, 5.41) is 8.86. The van der Waals surface area contributed by atoms with Gasteiger partial charge in [-0.1, -0.05) is 0 Å². The molecular weight excluding hydrogens is 154 g/mol. The maximum atomic E-state index is 10.4. The molecule has 1 aliphatic rings. The van der Waals surface area contributed by atoms with Gasteiger partial charge in [-0.3, -0.25) is 0 Å². The van der Waals surface area contributed by atoms with Crippen molar-refractivity contribution in [3.63, 3.8) is 0 Å². The molecule has 0 spiro atoms. The Balaban J connectivity index is 2.35. The summed E-state index contributed by atoms with van der Waals surface area (Å²) >= 11 is 0. The van der Waals surface area contributed by atoms with Gasteiger partial charge in [-0.25, -0.2) is 0 Å². The summed E-state index contributed by atoms with van der Waals surface area (Å²) in [6, 6.07) is 5.60. The molecule has 2 atom stereocenters. The molecule has 0 aromatic carbocycles. The van der Waals surface area contributed by atoms with Gasteiger partial charge >= 0.3 is 0 Å². The molecule has 0 unspecified atom stereocenters. The summed E-state index contributed by atoms with van der Waals surface area (Å²) in [5.74, 6) is 0.441. The SMILES string of the molecule is N#C[C@@]1(c2ccco2)C[C@H]1C=O. The molecule has 0 bridgehead atoms. The number of carbonyl (C=O) groups excluding carboxylic acids is 1. The van der Waals surface area contributed by atoms with E-state index >= 15 is 0 Å². The van der Waals surface area contributed by atoms with Crippen LogP contribution < -0.4 is 0 Å². The van der Waals surface area contributed by atoms with Gasteiger partial charge in [0.05, 0.1) is 12.3 Å². The minimum absolute atomic E-state index is 0.173. The Morgan fingerprint density at radius 3 is 3.08 bits per heavy atom. The van der Waals surface area contributed by atoms with E-state index in [1.54, 1.807) is 12.1 Å². The number of carbonyl (C=O) groups is 1. The Labute approximate surface area is 69.6 Å². The first-order chi connectivity index (χ1) is 5.83. The van der Waals surface area contributed by atoms with Crippen molar-refractivity contribution in [2.45, 2.75) is 11.8 Å². The summed E-state index contributed by atoms with van der Waals surface area (Å²) in [7, 11) is 0. The largest absolute Gasteiger partial charge is 0.468 e. The molecule has 0 amide bonds. The first-order valence-corrected chi connectivity index (χ1v) is 3.74. The Bertz CT molecular complexity index is 336. The fraction of sp³-hybridized carbons (Fsp3) is 0.333. The van der Waals surface area contributed by atoms with Crippen LogP contribution in [-0.2, 0) is 10.2 Å². The molecule has 1 heterocycles. The lowest BCUT2D eigenvalue weighted by Crippen LogP contribution is -2.05. The summed E-state index contributed by atoms with van der Waals surface area (Å²) in [6.07, 6.45) is 2.95. The maximum Gasteiger partial charge on any atom is 0.125 e. The average Bonchev–Trinajstić information content (AvgIpc) is 2.57. The van der Waals surface area contributed by atoms with E-state index in [0.29, 0.717) is 12.2 Å². The standard InChI is InChI=1S/C9H7NO2/c10-6-9(4-7(9)5-11)8-2-1-3-12-8/h1-3,5,7H,4H2/t7-,9-/m0/s1. The van der Waals surface area contributed by atoms with E-state index in [-0.39, 0.29) is 5.92 Å². The van der Waals surface area contributed by atoms with Crippen molar-refractivity contribution in [3.8, 4) is 6.07 Å². The number of hydrogen-bond acceptors (Lipinski definition) is 3. The van der Waals surface area contributed by atoms with Crippen LogP contribution in [0.1, 0.15) is 12.2 Å². The molecule has 0 aliphatic heterocycles. The van der Waals surface area contributed by atoms with Crippen LogP contribution in [0.4, 0.5) is 0 Å². The molecule has 60 valence electrons. The van der Waals surface area contributed by atoms with Crippen LogP contribution in [0.5, 0.6) is 0 Å². The fourth-order valence-electron chi connectivity index (χ4n) is 1.45. The smallest absolute Gasteiger partial charge is 0.125 e. The normalized spacial score (nSPS) is 32.4. The third-order valence-corrected chi connectivity index (χ3v) is 2.34. The quantitative estimate of drug-likeness (QED) is 0.613. The summed E-state index contributed by atoms with van der Waals surface area (Å²) in [5.41, 5.74) is -0.648. The number of hydrogen-bond donors (Lipinski definition) is 0. The molecule has 0 N–H and O–H groups in total. The minimum Gasteiger partial charge on any atom is -0.468 e. The Morgan fingerprint density at radius 1 is 1.83 bits per heavy atom. The number of nitriles is 1. The van der Waals surface area contributed by atoms with Crippen LogP contribution in [0.2, 0.25) is 0 Å².